The van der Waals surface area contributed by atoms with Crippen LogP contribution in [0, 0.1) is 0 Å². The van der Waals surface area contributed by atoms with Gasteiger partial charge < -0.3 is 4.57 Å². The molecular weight excluding hydrogens is 304 g/mol. The highest BCUT2D eigenvalue weighted by Gasteiger charge is 2.22. The topological polar surface area (TPSA) is 53.7 Å². The lowest BCUT2D eigenvalue weighted by Crippen LogP contribution is -2.09. The molecule has 1 aromatic carbocycles. The van der Waals surface area contributed by atoms with Crippen molar-refractivity contribution in [3.8, 4) is 11.3 Å². The van der Waals surface area contributed by atoms with Gasteiger partial charge in [-0.2, -0.15) is 0 Å². The van der Waals surface area contributed by atoms with E-state index in [9.17, 15) is 0 Å². The Bertz CT molecular complexity index is 683. The molecule has 1 aliphatic carbocycles. The molecule has 2 aromatic rings. The van der Waals surface area contributed by atoms with Crippen molar-refractivity contribution >= 4 is 15.9 Å². The molecule has 5 heteroatoms. The molecule has 1 heterocycles. The molecule has 0 radical (unpaired) electrons. The molecule has 0 aliphatic heterocycles. The molecule has 0 saturated carbocycles. The number of hydrogen-bond donors (Lipinski definition) is 0. The van der Waals surface area contributed by atoms with Crippen molar-refractivity contribution in [2.75, 3.05) is 0 Å². The fraction of sp³-hybridized carbons (Fsp3) is 0.286. The zero-order chi connectivity index (χ0) is 13.4. The maximum atomic E-state index is 8.50. The summed E-state index contributed by atoms with van der Waals surface area (Å²) >= 11 is 3.53. The van der Waals surface area contributed by atoms with E-state index in [0.29, 0.717) is 6.54 Å². The Morgan fingerprint density at radius 3 is 3.05 bits per heavy atom. The van der Waals surface area contributed by atoms with Crippen LogP contribution >= 0.6 is 15.9 Å². The molecule has 3 rings (SSSR count). The second kappa shape index (κ2) is 4.76. The van der Waals surface area contributed by atoms with Crippen LogP contribution in [-0.2, 0) is 13.0 Å². The van der Waals surface area contributed by atoms with Gasteiger partial charge in [0.25, 0.3) is 0 Å². The van der Waals surface area contributed by atoms with E-state index in [4.69, 9.17) is 5.53 Å². The molecule has 0 amide bonds. The first-order chi connectivity index (χ1) is 9.19. The quantitative estimate of drug-likeness (QED) is 0.387. The van der Waals surface area contributed by atoms with Gasteiger partial charge in [0.15, 0.2) is 0 Å². The SMILES string of the molecule is C[C@@H](Cn1ccc2c1-c1cc(Br)ccc1C2)N=[N+]=[N-]. The zero-order valence-electron chi connectivity index (χ0n) is 10.5. The average Bonchev–Trinajstić information content (AvgIpc) is 2.90. The Kier molecular flexibility index (Phi) is 3.09. The van der Waals surface area contributed by atoms with Gasteiger partial charge in [-0.15, -0.1) is 0 Å². The molecule has 1 atom stereocenters. The standard InChI is InChI=1S/C14H13BrN4/c1-9(17-18-16)8-19-5-4-11-6-10-2-3-12(15)7-13(10)14(11)19/h2-5,7,9H,6,8H2,1H3/t9-/m0/s1. The minimum absolute atomic E-state index is 0.0438. The van der Waals surface area contributed by atoms with Gasteiger partial charge >= 0.3 is 0 Å². The molecule has 0 saturated heterocycles. The number of fused-ring (bicyclic) bond motifs is 3. The monoisotopic (exact) mass is 316 g/mol. The highest BCUT2D eigenvalue weighted by molar-refractivity contribution is 9.10. The van der Waals surface area contributed by atoms with E-state index in [0.717, 1.165) is 10.9 Å². The molecule has 1 aliphatic rings. The summed E-state index contributed by atoms with van der Waals surface area (Å²) in [4.78, 5) is 2.87. The lowest BCUT2D eigenvalue weighted by atomic mass is 10.1. The van der Waals surface area contributed by atoms with Gasteiger partial charge in [-0.1, -0.05) is 34.0 Å². The third-order valence-corrected chi connectivity index (χ3v) is 3.96. The van der Waals surface area contributed by atoms with Gasteiger partial charge in [0.1, 0.15) is 0 Å². The molecule has 96 valence electrons. The normalized spacial score (nSPS) is 13.6. The van der Waals surface area contributed by atoms with Crippen molar-refractivity contribution in [2.24, 2.45) is 5.11 Å². The van der Waals surface area contributed by atoms with E-state index in [1.165, 1.54) is 22.4 Å². The van der Waals surface area contributed by atoms with E-state index < -0.39 is 0 Å². The molecule has 0 N–H and O–H groups in total. The predicted molar refractivity (Wildman–Crippen MR) is 79.0 cm³/mol. The highest BCUT2D eigenvalue weighted by atomic mass is 79.9. The Hall–Kier alpha value is -1.71. The number of halogens is 1. The Morgan fingerprint density at radius 2 is 2.26 bits per heavy atom. The van der Waals surface area contributed by atoms with Crippen molar-refractivity contribution < 1.29 is 0 Å². The predicted octanol–water partition coefficient (Wildman–Crippen LogP) is 4.52. The van der Waals surface area contributed by atoms with Crippen LogP contribution in [0.2, 0.25) is 0 Å². The smallest absolute Gasteiger partial charge is 0.0525 e. The van der Waals surface area contributed by atoms with Crippen LogP contribution in [0.25, 0.3) is 21.7 Å². The van der Waals surface area contributed by atoms with Crippen molar-refractivity contribution in [3.05, 3.63) is 56.5 Å². The molecular formula is C14H13BrN4. The fourth-order valence-corrected chi connectivity index (χ4v) is 3.04. The zero-order valence-corrected chi connectivity index (χ0v) is 12.1. The summed E-state index contributed by atoms with van der Waals surface area (Å²) in [6.45, 7) is 2.65. The third-order valence-electron chi connectivity index (χ3n) is 3.46. The number of benzene rings is 1. The summed E-state index contributed by atoms with van der Waals surface area (Å²) in [6.07, 6.45) is 3.07. The van der Waals surface area contributed by atoms with Crippen LogP contribution in [0.1, 0.15) is 18.1 Å². The van der Waals surface area contributed by atoms with Gasteiger partial charge in [-0.05, 0) is 34.9 Å². The number of azide groups is 1. The van der Waals surface area contributed by atoms with E-state index in [2.05, 4.69) is 61.0 Å². The van der Waals surface area contributed by atoms with E-state index in [-0.39, 0.29) is 6.04 Å². The second-order valence-electron chi connectivity index (χ2n) is 4.87. The molecule has 0 spiro atoms. The third kappa shape index (κ3) is 2.15. The summed E-state index contributed by atoms with van der Waals surface area (Å²) < 4.78 is 3.28. The number of rotatable bonds is 3. The summed E-state index contributed by atoms with van der Waals surface area (Å²) in [5, 5.41) is 3.75. The highest BCUT2D eigenvalue weighted by Crippen LogP contribution is 2.38. The first kappa shape index (κ1) is 12.3. The first-order valence-corrected chi connectivity index (χ1v) is 6.99. The van der Waals surface area contributed by atoms with Crippen LogP contribution in [0.5, 0.6) is 0 Å². The Morgan fingerprint density at radius 1 is 1.42 bits per heavy atom. The van der Waals surface area contributed by atoms with E-state index in [1.807, 2.05) is 6.92 Å². The summed E-state index contributed by atoms with van der Waals surface area (Å²) in [5.74, 6) is 0. The van der Waals surface area contributed by atoms with Gasteiger partial charge in [0.05, 0.1) is 11.7 Å². The summed E-state index contributed by atoms with van der Waals surface area (Å²) in [6, 6.07) is 8.53. The minimum Gasteiger partial charge on any atom is -0.347 e. The largest absolute Gasteiger partial charge is 0.347 e. The first-order valence-electron chi connectivity index (χ1n) is 6.20. The van der Waals surface area contributed by atoms with Gasteiger partial charge in [-0.25, -0.2) is 0 Å². The molecule has 0 fully saturated rings. The summed E-state index contributed by atoms with van der Waals surface area (Å²) in [5.41, 5.74) is 13.7. The Labute approximate surface area is 119 Å². The molecule has 1 aromatic heterocycles. The molecule has 0 bridgehead atoms. The number of nitrogens with zero attached hydrogens (tertiary/aromatic N) is 4. The fourth-order valence-electron chi connectivity index (χ4n) is 2.68. The van der Waals surface area contributed by atoms with E-state index in [1.54, 1.807) is 0 Å². The van der Waals surface area contributed by atoms with Crippen LogP contribution in [0.4, 0.5) is 0 Å². The van der Waals surface area contributed by atoms with Crippen LogP contribution in [0.15, 0.2) is 40.0 Å². The molecule has 4 nitrogen and oxygen atoms in total. The van der Waals surface area contributed by atoms with E-state index >= 15 is 0 Å². The van der Waals surface area contributed by atoms with Crippen LogP contribution in [0.3, 0.4) is 0 Å². The Balaban J connectivity index is 2.02. The van der Waals surface area contributed by atoms with Crippen LogP contribution in [-0.4, -0.2) is 10.6 Å². The maximum absolute atomic E-state index is 8.50. The number of aromatic nitrogens is 1. The van der Waals surface area contributed by atoms with Gasteiger partial charge in [-0.3, -0.25) is 0 Å². The molecule has 0 unspecified atom stereocenters. The van der Waals surface area contributed by atoms with Crippen molar-refractivity contribution in [2.45, 2.75) is 25.9 Å². The minimum atomic E-state index is -0.0438. The van der Waals surface area contributed by atoms with Crippen molar-refractivity contribution in [1.29, 1.82) is 0 Å². The molecule has 19 heavy (non-hydrogen) atoms. The summed E-state index contributed by atoms with van der Waals surface area (Å²) in [7, 11) is 0. The second-order valence-corrected chi connectivity index (χ2v) is 5.79. The van der Waals surface area contributed by atoms with Crippen molar-refractivity contribution in [3.63, 3.8) is 0 Å². The average molecular weight is 317 g/mol. The lowest BCUT2D eigenvalue weighted by molar-refractivity contribution is 0.594. The van der Waals surface area contributed by atoms with Crippen molar-refractivity contribution in [1.82, 2.24) is 4.57 Å². The number of hydrogen-bond acceptors (Lipinski definition) is 1. The lowest BCUT2D eigenvalue weighted by Gasteiger charge is -2.11. The van der Waals surface area contributed by atoms with Gasteiger partial charge in [0.2, 0.25) is 0 Å². The van der Waals surface area contributed by atoms with Crippen LogP contribution < -0.4 is 0 Å². The van der Waals surface area contributed by atoms with Gasteiger partial charge in [0, 0.05) is 34.1 Å². The maximum Gasteiger partial charge on any atom is 0.0525 e.